The van der Waals surface area contributed by atoms with Crippen molar-refractivity contribution in [3.05, 3.63) is 40.4 Å². The highest BCUT2D eigenvalue weighted by Gasteiger charge is 2.43. The molecule has 3 aliphatic rings. The van der Waals surface area contributed by atoms with Crippen molar-refractivity contribution in [1.82, 2.24) is 14.9 Å². The number of fused-ring (bicyclic) bond motifs is 2. The van der Waals surface area contributed by atoms with Crippen LogP contribution in [0.3, 0.4) is 0 Å². The monoisotopic (exact) mass is 538 g/mol. The summed E-state index contributed by atoms with van der Waals surface area (Å²) < 4.78 is 43.6. The second-order valence-electron chi connectivity index (χ2n) is 9.13. The zero-order valence-electron chi connectivity index (χ0n) is 19.0. The van der Waals surface area contributed by atoms with Gasteiger partial charge in [-0.2, -0.15) is 0 Å². The maximum absolute atomic E-state index is 13.6. The van der Waals surface area contributed by atoms with Crippen LogP contribution >= 0.6 is 23.2 Å². The van der Waals surface area contributed by atoms with Gasteiger partial charge in [0, 0.05) is 31.7 Å². The molecule has 0 aliphatic carbocycles. The Morgan fingerprint density at radius 2 is 1.81 bits per heavy atom. The van der Waals surface area contributed by atoms with Crippen LogP contribution in [-0.4, -0.2) is 54.1 Å². The first-order valence-corrected chi connectivity index (χ1v) is 12.4. The summed E-state index contributed by atoms with van der Waals surface area (Å²) in [4.78, 5) is 19.6. The molecule has 3 aromatic rings. The molecule has 1 amide bonds. The molecule has 4 heterocycles. The number of hydrogen-bond donors (Lipinski definition) is 1. The zero-order valence-corrected chi connectivity index (χ0v) is 20.5. The van der Waals surface area contributed by atoms with Crippen LogP contribution in [0.5, 0.6) is 11.5 Å². The minimum absolute atomic E-state index is 0.0460. The van der Waals surface area contributed by atoms with Gasteiger partial charge in [-0.05, 0) is 43.5 Å². The number of amides is 1. The lowest BCUT2D eigenvalue weighted by Crippen LogP contribution is -2.44. The Balaban J connectivity index is 1.31. The number of nitrogens with zero attached hydrogens (tertiary/aromatic N) is 3. The Kier molecular flexibility index (Phi) is 5.85. The van der Waals surface area contributed by atoms with Gasteiger partial charge in [-0.15, -0.1) is 8.78 Å². The molecule has 0 bridgehead atoms. The lowest BCUT2D eigenvalue weighted by molar-refractivity contribution is -0.286. The summed E-state index contributed by atoms with van der Waals surface area (Å²) in [6.07, 6.45) is -1.58. The molecule has 6 rings (SSSR count). The van der Waals surface area contributed by atoms with Crippen LogP contribution in [0.15, 0.2) is 30.3 Å². The molecular weight excluding hydrogens is 517 g/mol. The predicted molar refractivity (Wildman–Crippen MR) is 130 cm³/mol. The molecular formula is C24H22Cl2F2N4O4. The summed E-state index contributed by atoms with van der Waals surface area (Å²) in [7, 11) is 0. The second-order valence-corrected chi connectivity index (χ2v) is 9.95. The van der Waals surface area contributed by atoms with Crippen LogP contribution in [0.4, 0.5) is 14.7 Å². The molecule has 1 aromatic heterocycles. The molecule has 0 radical (unpaired) electrons. The Morgan fingerprint density at radius 3 is 2.56 bits per heavy atom. The highest BCUT2D eigenvalue weighted by Crippen LogP contribution is 2.43. The summed E-state index contributed by atoms with van der Waals surface area (Å²) in [6, 6.07) is 8.01. The Hall–Kier alpha value is -2.82. The summed E-state index contributed by atoms with van der Waals surface area (Å²) in [5.41, 5.74) is 1.81. The number of nitrogens with one attached hydrogen (secondary N) is 1. The fourth-order valence-electron chi connectivity index (χ4n) is 4.91. The van der Waals surface area contributed by atoms with E-state index >= 15 is 0 Å². The number of imidazole rings is 1. The van der Waals surface area contributed by atoms with Gasteiger partial charge in [-0.3, -0.25) is 9.36 Å². The molecule has 0 saturated carbocycles. The SMILES string of the molecule is O=C(NC1CCOC1)C1CCN(c2nc3cc(Cl)c(Cl)cc3n2-c2ccc3c(c2)OC(F)(F)O3)CC1. The van der Waals surface area contributed by atoms with Gasteiger partial charge in [-0.1, -0.05) is 23.2 Å². The van der Waals surface area contributed by atoms with E-state index in [-0.39, 0.29) is 29.4 Å². The minimum atomic E-state index is -3.72. The fourth-order valence-corrected chi connectivity index (χ4v) is 5.23. The molecule has 2 saturated heterocycles. The molecule has 8 nitrogen and oxygen atoms in total. The molecule has 2 aromatic carbocycles. The first-order valence-electron chi connectivity index (χ1n) is 11.7. The number of aromatic nitrogens is 2. The third-order valence-electron chi connectivity index (χ3n) is 6.75. The van der Waals surface area contributed by atoms with Gasteiger partial charge in [0.15, 0.2) is 11.5 Å². The molecule has 190 valence electrons. The normalized spacial score (nSPS) is 21.3. The minimum Gasteiger partial charge on any atom is -0.395 e. The van der Waals surface area contributed by atoms with Crippen molar-refractivity contribution >= 4 is 46.1 Å². The molecule has 0 spiro atoms. The van der Waals surface area contributed by atoms with E-state index in [1.165, 1.54) is 12.1 Å². The van der Waals surface area contributed by atoms with Gasteiger partial charge in [0.05, 0.1) is 39.4 Å². The molecule has 1 N–H and O–H groups in total. The van der Waals surface area contributed by atoms with Crippen molar-refractivity contribution in [1.29, 1.82) is 0 Å². The van der Waals surface area contributed by atoms with Crippen molar-refractivity contribution in [2.24, 2.45) is 5.92 Å². The number of benzene rings is 2. The van der Waals surface area contributed by atoms with Crippen molar-refractivity contribution in [2.45, 2.75) is 31.6 Å². The van der Waals surface area contributed by atoms with Crippen LogP contribution in [0.25, 0.3) is 16.7 Å². The van der Waals surface area contributed by atoms with E-state index in [1.54, 1.807) is 18.2 Å². The van der Waals surface area contributed by atoms with E-state index in [4.69, 9.17) is 32.9 Å². The smallest absolute Gasteiger partial charge is 0.395 e. The van der Waals surface area contributed by atoms with Gasteiger partial charge in [0.2, 0.25) is 11.9 Å². The maximum atomic E-state index is 13.6. The third-order valence-corrected chi connectivity index (χ3v) is 7.47. The standard InChI is InChI=1S/C24H22Cl2F2N4O4/c25-16-10-18-19(11-17(16)26)32(15-1-2-20-21(9-15)36-24(27,28)35-20)23(30-18)31-6-3-13(4-7-31)22(33)29-14-5-8-34-12-14/h1-2,9-11,13-14H,3-8,12H2,(H,29,33). The van der Waals surface area contributed by atoms with Gasteiger partial charge in [0.1, 0.15) is 0 Å². The number of carbonyl (C=O) groups excluding carboxylic acids is 1. The maximum Gasteiger partial charge on any atom is 0.586 e. The number of anilines is 1. The lowest BCUT2D eigenvalue weighted by atomic mass is 9.95. The number of halogens is 4. The molecule has 3 aliphatic heterocycles. The number of rotatable bonds is 4. The molecule has 1 atom stereocenters. The van der Waals surface area contributed by atoms with E-state index < -0.39 is 6.29 Å². The highest BCUT2D eigenvalue weighted by molar-refractivity contribution is 6.42. The van der Waals surface area contributed by atoms with Gasteiger partial charge < -0.3 is 24.4 Å². The number of hydrogen-bond acceptors (Lipinski definition) is 6. The lowest BCUT2D eigenvalue weighted by Gasteiger charge is -2.32. The largest absolute Gasteiger partial charge is 0.586 e. The van der Waals surface area contributed by atoms with Crippen molar-refractivity contribution in [3.63, 3.8) is 0 Å². The van der Waals surface area contributed by atoms with Crippen molar-refractivity contribution in [3.8, 4) is 17.2 Å². The molecule has 12 heteroatoms. The molecule has 36 heavy (non-hydrogen) atoms. The molecule has 2 fully saturated rings. The Bertz CT molecular complexity index is 1340. The van der Waals surface area contributed by atoms with E-state index in [1.807, 2.05) is 4.57 Å². The number of alkyl halides is 2. The average molecular weight is 539 g/mol. The van der Waals surface area contributed by atoms with E-state index in [9.17, 15) is 13.6 Å². The summed E-state index contributed by atoms with van der Waals surface area (Å²) >= 11 is 12.6. The summed E-state index contributed by atoms with van der Waals surface area (Å²) in [6.45, 7) is 2.41. The molecule has 1 unspecified atom stereocenters. The van der Waals surface area contributed by atoms with Crippen LogP contribution < -0.4 is 19.7 Å². The van der Waals surface area contributed by atoms with Crippen LogP contribution in [0, 0.1) is 5.92 Å². The fraction of sp³-hybridized carbons (Fsp3) is 0.417. The predicted octanol–water partition coefficient (Wildman–Crippen LogP) is 4.78. The number of piperidine rings is 1. The Labute approximate surface area is 215 Å². The van der Waals surface area contributed by atoms with Gasteiger partial charge >= 0.3 is 6.29 Å². The van der Waals surface area contributed by atoms with E-state index in [0.717, 1.165) is 6.42 Å². The topological polar surface area (TPSA) is 77.9 Å². The average Bonchev–Trinajstić information content (AvgIpc) is 3.55. The van der Waals surface area contributed by atoms with E-state index in [0.29, 0.717) is 71.9 Å². The van der Waals surface area contributed by atoms with Crippen LogP contribution in [-0.2, 0) is 9.53 Å². The van der Waals surface area contributed by atoms with Gasteiger partial charge in [0.25, 0.3) is 0 Å². The zero-order chi connectivity index (χ0) is 25.0. The summed E-state index contributed by atoms with van der Waals surface area (Å²) in [5.74, 6) is 0.425. The quantitative estimate of drug-likeness (QED) is 0.515. The first kappa shape index (κ1) is 23.6. The highest BCUT2D eigenvalue weighted by atomic mass is 35.5. The Morgan fingerprint density at radius 1 is 1.06 bits per heavy atom. The van der Waals surface area contributed by atoms with Gasteiger partial charge in [-0.25, -0.2) is 4.98 Å². The van der Waals surface area contributed by atoms with Crippen LogP contribution in [0.1, 0.15) is 19.3 Å². The number of carbonyl (C=O) groups is 1. The first-order chi connectivity index (χ1) is 17.3. The summed E-state index contributed by atoms with van der Waals surface area (Å²) in [5, 5.41) is 3.79. The third kappa shape index (κ3) is 4.31. The van der Waals surface area contributed by atoms with Crippen molar-refractivity contribution in [2.75, 3.05) is 31.2 Å². The van der Waals surface area contributed by atoms with Crippen molar-refractivity contribution < 1.29 is 27.8 Å². The number of ether oxygens (including phenoxy) is 3. The second kappa shape index (κ2) is 8.93. The van der Waals surface area contributed by atoms with Crippen LogP contribution in [0.2, 0.25) is 10.0 Å². The van der Waals surface area contributed by atoms with E-state index in [2.05, 4.69) is 19.7 Å².